The monoisotopic (exact) mass is 260 g/mol. The van der Waals surface area contributed by atoms with Crippen LogP contribution in [0, 0.1) is 0 Å². The van der Waals surface area contributed by atoms with Gasteiger partial charge in [0.15, 0.2) is 0 Å². The molecule has 0 aliphatic heterocycles. The molecule has 18 heavy (non-hydrogen) atoms. The lowest BCUT2D eigenvalue weighted by Crippen LogP contribution is -2.41. The van der Waals surface area contributed by atoms with Gasteiger partial charge in [-0.2, -0.15) is 0 Å². The summed E-state index contributed by atoms with van der Waals surface area (Å²) in [7, 11) is 0. The minimum Gasteiger partial charge on any atom is -0.466 e. The van der Waals surface area contributed by atoms with E-state index in [-0.39, 0.29) is 25.4 Å². The zero-order valence-electron chi connectivity index (χ0n) is 11.4. The number of aliphatic hydroxyl groups is 1. The lowest BCUT2D eigenvalue weighted by atomic mass is 10.2. The van der Waals surface area contributed by atoms with Crippen LogP contribution in [-0.2, 0) is 14.3 Å². The van der Waals surface area contributed by atoms with E-state index in [9.17, 15) is 14.7 Å². The van der Waals surface area contributed by atoms with E-state index < -0.39 is 12.1 Å². The zero-order valence-corrected chi connectivity index (χ0v) is 11.4. The summed E-state index contributed by atoms with van der Waals surface area (Å²) in [5.74, 6) is -0.498. The van der Waals surface area contributed by atoms with E-state index in [4.69, 9.17) is 4.74 Å². The number of nitrogens with one attached hydrogen (secondary N) is 1. The Hall–Kier alpha value is -1.14. The number of amides is 1. The van der Waals surface area contributed by atoms with E-state index in [1.54, 1.807) is 11.8 Å². The second-order valence-corrected chi connectivity index (χ2v) is 3.94. The van der Waals surface area contributed by atoms with Crippen molar-refractivity contribution in [1.82, 2.24) is 10.2 Å². The van der Waals surface area contributed by atoms with Gasteiger partial charge in [0.25, 0.3) is 0 Å². The molecule has 6 heteroatoms. The Kier molecular flexibility index (Phi) is 9.22. The van der Waals surface area contributed by atoms with Crippen LogP contribution in [0.25, 0.3) is 0 Å². The molecule has 2 N–H and O–H groups in total. The summed E-state index contributed by atoms with van der Waals surface area (Å²) in [5.41, 5.74) is 0. The molecule has 1 unspecified atom stereocenters. The third kappa shape index (κ3) is 8.03. The average Bonchev–Trinajstić information content (AvgIpc) is 2.28. The zero-order chi connectivity index (χ0) is 14.0. The second kappa shape index (κ2) is 9.85. The van der Waals surface area contributed by atoms with Crippen LogP contribution >= 0.6 is 0 Å². The Morgan fingerprint density at radius 3 is 2.50 bits per heavy atom. The molecule has 0 saturated heterocycles. The number of ether oxygens (including phenoxy) is 1. The molecular weight excluding hydrogens is 236 g/mol. The van der Waals surface area contributed by atoms with Gasteiger partial charge in [-0.05, 0) is 20.4 Å². The normalized spacial score (nSPS) is 12.3. The first kappa shape index (κ1) is 16.9. The SMILES string of the molecule is CCNC(=O)CN(CC)CC(O)CC(=O)OCC. The first-order chi connectivity index (χ1) is 8.53. The Bertz CT molecular complexity index is 258. The van der Waals surface area contributed by atoms with Crippen molar-refractivity contribution in [1.29, 1.82) is 0 Å². The third-order valence-electron chi connectivity index (χ3n) is 2.36. The van der Waals surface area contributed by atoms with Gasteiger partial charge in [-0.25, -0.2) is 0 Å². The predicted molar refractivity (Wildman–Crippen MR) is 68.1 cm³/mol. The summed E-state index contributed by atoms with van der Waals surface area (Å²) >= 11 is 0. The summed E-state index contributed by atoms with van der Waals surface area (Å²) in [6.45, 7) is 7.51. The Morgan fingerprint density at radius 1 is 1.33 bits per heavy atom. The first-order valence-corrected chi connectivity index (χ1v) is 6.36. The second-order valence-electron chi connectivity index (χ2n) is 3.94. The number of likely N-dealkylation sites (N-methyl/N-ethyl adjacent to an activating group) is 2. The van der Waals surface area contributed by atoms with Crippen molar-refractivity contribution in [3.05, 3.63) is 0 Å². The van der Waals surface area contributed by atoms with Crippen LogP contribution in [0.2, 0.25) is 0 Å². The number of esters is 1. The fourth-order valence-corrected chi connectivity index (χ4v) is 1.54. The highest BCUT2D eigenvalue weighted by Gasteiger charge is 2.16. The van der Waals surface area contributed by atoms with Gasteiger partial charge >= 0.3 is 5.97 Å². The quantitative estimate of drug-likeness (QED) is 0.559. The molecule has 0 fully saturated rings. The van der Waals surface area contributed by atoms with Crippen molar-refractivity contribution >= 4 is 11.9 Å². The van der Waals surface area contributed by atoms with E-state index in [1.165, 1.54) is 0 Å². The summed E-state index contributed by atoms with van der Waals surface area (Å²) in [5, 5.41) is 12.4. The van der Waals surface area contributed by atoms with Gasteiger partial charge in [-0.15, -0.1) is 0 Å². The number of carbonyl (C=O) groups is 2. The highest BCUT2D eigenvalue weighted by atomic mass is 16.5. The van der Waals surface area contributed by atoms with Crippen LogP contribution in [0.4, 0.5) is 0 Å². The van der Waals surface area contributed by atoms with Crippen LogP contribution < -0.4 is 5.32 Å². The lowest BCUT2D eigenvalue weighted by molar-refractivity contribution is -0.145. The van der Waals surface area contributed by atoms with Gasteiger partial charge < -0.3 is 15.2 Å². The summed E-state index contributed by atoms with van der Waals surface area (Å²) < 4.78 is 4.75. The Morgan fingerprint density at radius 2 is 2.00 bits per heavy atom. The minimum absolute atomic E-state index is 0.0419. The van der Waals surface area contributed by atoms with Gasteiger partial charge in [-0.1, -0.05) is 6.92 Å². The fourth-order valence-electron chi connectivity index (χ4n) is 1.54. The fraction of sp³-hybridized carbons (Fsp3) is 0.833. The summed E-state index contributed by atoms with van der Waals surface area (Å²) in [6, 6.07) is 0. The van der Waals surface area contributed by atoms with Crippen LogP contribution in [-0.4, -0.2) is 60.8 Å². The highest BCUT2D eigenvalue weighted by Crippen LogP contribution is 1.99. The molecule has 1 atom stereocenters. The number of carbonyl (C=O) groups excluding carboxylic acids is 2. The molecule has 0 saturated carbocycles. The summed E-state index contributed by atoms with van der Waals surface area (Å²) in [6.07, 6.45) is -0.849. The van der Waals surface area contributed by atoms with Crippen molar-refractivity contribution < 1.29 is 19.4 Å². The molecule has 0 aliphatic rings. The van der Waals surface area contributed by atoms with Crippen molar-refractivity contribution in [3.63, 3.8) is 0 Å². The largest absolute Gasteiger partial charge is 0.466 e. The van der Waals surface area contributed by atoms with E-state index in [0.29, 0.717) is 19.7 Å². The molecule has 6 nitrogen and oxygen atoms in total. The molecule has 0 spiro atoms. The molecule has 0 aliphatic carbocycles. The molecule has 0 aromatic carbocycles. The lowest BCUT2D eigenvalue weighted by Gasteiger charge is -2.22. The van der Waals surface area contributed by atoms with Crippen LogP contribution in [0.1, 0.15) is 27.2 Å². The first-order valence-electron chi connectivity index (χ1n) is 6.36. The minimum atomic E-state index is -0.807. The maximum absolute atomic E-state index is 11.4. The van der Waals surface area contributed by atoms with Gasteiger partial charge in [-0.3, -0.25) is 14.5 Å². The Balaban J connectivity index is 4.03. The standard InChI is InChI=1S/C12H24N2O4/c1-4-13-11(16)9-14(5-2)8-10(15)7-12(17)18-6-3/h10,15H,4-9H2,1-3H3,(H,13,16). The molecule has 0 heterocycles. The van der Waals surface area contributed by atoms with E-state index >= 15 is 0 Å². The molecule has 0 radical (unpaired) electrons. The van der Waals surface area contributed by atoms with Gasteiger partial charge in [0.05, 0.1) is 25.7 Å². The van der Waals surface area contributed by atoms with E-state index in [2.05, 4.69) is 5.32 Å². The summed E-state index contributed by atoms with van der Waals surface area (Å²) in [4.78, 5) is 24.3. The van der Waals surface area contributed by atoms with Crippen LogP contribution in [0.5, 0.6) is 0 Å². The number of nitrogens with zero attached hydrogens (tertiary/aromatic N) is 1. The highest BCUT2D eigenvalue weighted by molar-refractivity contribution is 5.77. The van der Waals surface area contributed by atoms with Crippen molar-refractivity contribution in [3.8, 4) is 0 Å². The van der Waals surface area contributed by atoms with Gasteiger partial charge in [0.1, 0.15) is 0 Å². The van der Waals surface area contributed by atoms with Crippen molar-refractivity contribution in [2.75, 3.05) is 32.8 Å². The molecule has 0 bridgehead atoms. The molecule has 0 rings (SSSR count). The molecule has 0 aromatic rings. The number of hydrogen-bond acceptors (Lipinski definition) is 5. The predicted octanol–water partition coefficient (Wildman–Crippen LogP) is -0.241. The third-order valence-corrected chi connectivity index (χ3v) is 2.36. The van der Waals surface area contributed by atoms with Gasteiger partial charge in [0, 0.05) is 13.1 Å². The molecule has 1 amide bonds. The van der Waals surface area contributed by atoms with E-state index in [1.807, 2.05) is 13.8 Å². The van der Waals surface area contributed by atoms with Crippen LogP contribution in [0.3, 0.4) is 0 Å². The number of aliphatic hydroxyl groups excluding tert-OH is 1. The van der Waals surface area contributed by atoms with Crippen molar-refractivity contribution in [2.24, 2.45) is 0 Å². The topological polar surface area (TPSA) is 78.9 Å². The molecule has 106 valence electrons. The number of hydrogen-bond donors (Lipinski definition) is 2. The maximum Gasteiger partial charge on any atom is 0.308 e. The maximum atomic E-state index is 11.4. The number of rotatable bonds is 9. The Labute approximate surface area is 108 Å². The van der Waals surface area contributed by atoms with Crippen LogP contribution in [0.15, 0.2) is 0 Å². The molecule has 0 aromatic heterocycles. The van der Waals surface area contributed by atoms with Crippen molar-refractivity contribution in [2.45, 2.75) is 33.3 Å². The van der Waals surface area contributed by atoms with Gasteiger partial charge in [0.2, 0.25) is 5.91 Å². The molecular formula is C12H24N2O4. The van der Waals surface area contributed by atoms with E-state index in [0.717, 1.165) is 0 Å². The average molecular weight is 260 g/mol. The smallest absolute Gasteiger partial charge is 0.308 e.